The van der Waals surface area contributed by atoms with Crippen molar-refractivity contribution in [3.63, 3.8) is 0 Å². The maximum atomic E-state index is 11.7. The number of carbonyl (C=O) groups excluding carboxylic acids is 1. The standard InChI is InChI=1S/C22H44N2O/c1-5-6-7-8-9-10-11-12-13-14-15-16-17-19-22(25)23-20-18-21-24(2,3)4/h10-11H,5-9,12-21H2,1-4H3/p+1/b11-10+. The normalized spacial score (nSPS) is 12.0. The molecule has 0 aromatic heterocycles. The number of amides is 1. The molecule has 0 saturated heterocycles. The average Bonchev–Trinajstić information content (AvgIpc) is 2.55. The van der Waals surface area contributed by atoms with Crippen molar-refractivity contribution >= 4 is 5.91 Å². The molecule has 1 N–H and O–H groups in total. The summed E-state index contributed by atoms with van der Waals surface area (Å²) in [6, 6.07) is 0. The molecule has 25 heavy (non-hydrogen) atoms. The van der Waals surface area contributed by atoms with Gasteiger partial charge in [-0.3, -0.25) is 4.79 Å². The Morgan fingerprint density at radius 1 is 0.800 bits per heavy atom. The van der Waals surface area contributed by atoms with E-state index < -0.39 is 0 Å². The van der Waals surface area contributed by atoms with E-state index in [1.54, 1.807) is 0 Å². The first-order chi connectivity index (χ1) is 12.0. The van der Waals surface area contributed by atoms with E-state index in [0.717, 1.165) is 30.4 Å². The van der Waals surface area contributed by atoms with Crippen molar-refractivity contribution in [3.05, 3.63) is 12.2 Å². The Balaban J connectivity index is 3.27. The van der Waals surface area contributed by atoms with E-state index in [2.05, 4.69) is 45.5 Å². The lowest BCUT2D eigenvalue weighted by Gasteiger charge is -2.23. The summed E-state index contributed by atoms with van der Waals surface area (Å²) in [6.07, 6.45) is 20.5. The van der Waals surface area contributed by atoms with Crippen molar-refractivity contribution in [1.29, 1.82) is 0 Å². The number of rotatable bonds is 17. The number of quaternary nitrogens is 1. The molecule has 0 heterocycles. The maximum Gasteiger partial charge on any atom is 0.219 e. The summed E-state index contributed by atoms with van der Waals surface area (Å²) < 4.78 is 0.962. The monoisotopic (exact) mass is 353 g/mol. The van der Waals surface area contributed by atoms with Crippen molar-refractivity contribution in [2.24, 2.45) is 0 Å². The van der Waals surface area contributed by atoms with Gasteiger partial charge in [-0.25, -0.2) is 0 Å². The fraction of sp³-hybridized carbons (Fsp3) is 0.864. The molecule has 0 unspecified atom stereocenters. The highest BCUT2D eigenvalue weighted by Gasteiger charge is 2.06. The van der Waals surface area contributed by atoms with E-state index in [4.69, 9.17) is 0 Å². The average molecular weight is 354 g/mol. The van der Waals surface area contributed by atoms with Gasteiger partial charge in [-0.1, -0.05) is 57.6 Å². The van der Waals surface area contributed by atoms with E-state index in [0.29, 0.717) is 6.42 Å². The van der Waals surface area contributed by atoms with Gasteiger partial charge in [-0.15, -0.1) is 0 Å². The van der Waals surface area contributed by atoms with Crippen molar-refractivity contribution in [1.82, 2.24) is 5.32 Å². The molecule has 0 rings (SSSR count). The minimum atomic E-state index is 0.229. The van der Waals surface area contributed by atoms with Gasteiger partial charge in [-0.05, 0) is 32.1 Å². The molecule has 0 aromatic carbocycles. The van der Waals surface area contributed by atoms with Gasteiger partial charge in [0.25, 0.3) is 0 Å². The fourth-order valence-electron chi connectivity index (χ4n) is 2.87. The van der Waals surface area contributed by atoms with E-state index in [-0.39, 0.29) is 5.91 Å². The molecule has 0 saturated carbocycles. The Bertz CT molecular complexity index is 331. The zero-order chi connectivity index (χ0) is 18.8. The molecule has 0 aliphatic heterocycles. The highest BCUT2D eigenvalue weighted by atomic mass is 16.1. The third-order valence-electron chi connectivity index (χ3n) is 4.49. The summed E-state index contributed by atoms with van der Waals surface area (Å²) in [7, 11) is 6.56. The van der Waals surface area contributed by atoms with Gasteiger partial charge < -0.3 is 9.80 Å². The van der Waals surface area contributed by atoms with Crippen molar-refractivity contribution in [2.45, 2.75) is 90.4 Å². The van der Waals surface area contributed by atoms with E-state index in [1.807, 2.05) is 0 Å². The van der Waals surface area contributed by atoms with Gasteiger partial charge in [0.2, 0.25) is 5.91 Å². The maximum absolute atomic E-state index is 11.7. The molecule has 0 radical (unpaired) electrons. The molecular formula is C22H45N2O+. The van der Waals surface area contributed by atoms with Crippen LogP contribution < -0.4 is 5.32 Å². The largest absolute Gasteiger partial charge is 0.356 e. The molecule has 0 aliphatic rings. The third-order valence-corrected chi connectivity index (χ3v) is 4.49. The van der Waals surface area contributed by atoms with Crippen LogP contribution in [0, 0.1) is 0 Å². The molecule has 0 fully saturated rings. The Labute approximate surface area is 157 Å². The summed E-state index contributed by atoms with van der Waals surface area (Å²) in [5, 5.41) is 3.04. The van der Waals surface area contributed by atoms with Gasteiger partial charge in [0.15, 0.2) is 0 Å². The first kappa shape index (κ1) is 24.2. The molecule has 3 nitrogen and oxygen atoms in total. The van der Waals surface area contributed by atoms with Gasteiger partial charge in [0.05, 0.1) is 27.7 Å². The van der Waals surface area contributed by atoms with E-state index >= 15 is 0 Å². The predicted molar refractivity (Wildman–Crippen MR) is 111 cm³/mol. The molecule has 0 aromatic rings. The Morgan fingerprint density at radius 3 is 1.96 bits per heavy atom. The molecule has 0 atom stereocenters. The minimum absolute atomic E-state index is 0.229. The minimum Gasteiger partial charge on any atom is -0.356 e. The number of carbonyl (C=O) groups is 1. The number of hydrogen-bond acceptors (Lipinski definition) is 1. The first-order valence-corrected chi connectivity index (χ1v) is 10.7. The molecule has 148 valence electrons. The first-order valence-electron chi connectivity index (χ1n) is 10.7. The Hall–Kier alpha value is -0.830. The quantitative estimate of drug-likeness (QED) is 0.210. The van der Waals surface area contributed by atoms with Gasteiger partial charge in [-0.2, -0.15) is 0 Å². The fourth-order valence-corrected chi connectivity index (χ4v) is 2.87. The highest BCUT2D eigenvalue weighted by Crippen LogP contribution is 2.09. The molecule has 3 heteroatoms. The third kappa shape index (κ3) is 21.1. The zero-order valence-corrected chi connectivity index (χ0v) is 17.6. The topological polar surface area (TPSA) is 29.1 Å². The van der Waals surface area contributed by atoms with Crippen LogP contribution in [0.4, 0.5) is 0 Å². The van der Waals surface area contributed by atoms with E-state index in [9.17, 15) is 4.79 Å². The lowest BCUT2D eigenvalue weighted by molar-refractivity contribution is -0.870. The van der Waals surface area contributed by atoms with Gasteiger partial charge in [0, 0.05) is 19.4 Å². The molecule has 0 bridgehead atoms. The number of nitrogens with zero attached hydrogens (tertiary/aromatic N) is 1. The molecular weight excluding hydrogens is 308 g/mol. The van der Waals surface area contributed by atoms with Crippen LogP contribution in [0.15, 0.2) is 12.2 Å². The lowest BCUT2D eigenvalue weighted by atomic mass is 10.1. The van der Waals surface area contributed by atoms with Crippen LogP contribution in [0.5, 0.6) is 0 Å². The van der Waals surface area contributed by atoms with Crippen LogP contribution in [-0.2, 0) is 4.79 Å². The van der Waals surface area contributed by atoms with Crippen LogP contribution in [0.1, 0.15) is 90.4 Å². The SMILES string of the molecule is CCCCCC/C=C/CCCCCCCC(=O)NCCC[N+](C)(C)C. The zero-order valence-electron chi connectivity index (χ0n) is 17.6. The number of hydrogen-bond donors (Lipinski definition) is 1. The lowest BCUT2D eigenvalue weighted by Crippen LogP contribution is -2.37. The summed E-state index contributed by atoms with van der Waals surface area (Å²) in [4.78, 5) is 11.7. The second-order valence-corrected chi connectivity index (χ2v) is 8.34. The molecule has 1 amide bonds. The second-order valence-electron chi connectivity index (χ2n) is 8.34. The summed E-state index contributed by atoms with van der Waals surface area (Å²) in [6.45, 7) is 4.18. The number of allylic oxidation sites excluding steroid dienone is 2. The van der Waals surface area contributed by atoms with Crippen molar-refractivity contribution in [2.75, 3.05) is 34.2 Å². The van der Waals surface area contributed by atoms with E-state index in [1.165, 1.54) is 64.2 Å². The Kier molecular flexibility index (Phi) is 16.1. The van der Waals surface area contributed by atoms with Crippen LogP contribution >= 0.6 is 0 Å². The smallest absolute Gasteiger partial charge is 0.219 e. The molecule has 0 spiro atoms. The number of unbranched alkanes of at least 4 members (excludes halogenated alkanes) is 9. The van der Waals surface area contributed by atoms with Crippen LogP contribution in [0.25, 0.3) is 0 Å². The Morgan fingerprint density at radius 2 is 1.36 bits per heavy atom. The van der Waals surface area contributed by atoms with Gasteiger partial charge >= 0.3 is 0 Å². The summed E-state index contributed by atoms with van der Waals surface area (Å²) >= 11 is 0. The van der Waals surface area contributed by atoms with Crippen molar-refractivity contribution < 1.29 is 9.28 Å². The van der Waals surface area contributed by atoms with Crippen LogP contribution in [0.2, 0.25) is 0 Å². The number of nitrogens with one attached hydrogen (secondary N) is 1. The van der Waals surface area contributed by atoms with Crippen molar-refractivity contribution in [3.8, 4) is 0 Å². The van der Waals surface area contributed by atoms with Crippen LogP contribution in [-0.4, -0.2) is 44.6 Å². The summed E-state index contributed by atoms with van der Waals surface area (Å²) in [5.41, 5.74) is 0. The second kappa shape index (κ2) is 16.6. The van der Waals surface area contributed by atoms with Gasteiger partial charge in [0.1, 0.15) is 0 Å². The van der Waals surface area contributed by atoms with Crippen LogP contribution in [0.3, 0.4) is 0 Å². The summed E-state index contributed by atoms with van der Waals surface area (Å²) in [5.74, 6) is 0.229. The predicted octanol–water partition coefficient (Wildman–Crippen LogP) is 5.46. The molecule has 0 aliphatic carbocycles. The highest BCUT2D eigenvalue weighted by molar-refractivity contribution is 5.75.